The second-order valence-corrected chi connectivity index (χ2v) is 7.84. The summed E-state index contributed by atoms with van der Waals surface area (Å²) in [5, 5.41) is 1.55. The predicted molar refractivity (Wildman–Crippen MR) is 89.9 cm³/mol. The van der Waals surface area contributed by atoms with E-state index in [2.05, 4.69) is 49.3 Å². The lowest BCUT2D eigenvalue weighted by Gasteiger charge is -2.32. The van der Waals surface area contributed by atoms with Crippen LogP contribution in [-0.4, -0.2) is 35.1 Å². The Morgan fingerprint density at radius 2 is 1.75 bits per heavy atom. The van der Waals surface area contributed by atoms with Gasteiger partial charge in [0.15, 0.2) is 0 Å². The highest BCUT2D eigenvalue weighted by molar-refractivity contribution is 6.53. The minimum Gasteiger partial charge on any atom is -0.309 e. The maximum absolute atomic E-state index is 2.32. The van der Waals surface area contributed by atoms with Gasteiger partial charge in [0.05, 0.1) is 9.52 Å². The molecule has 1 aromatic carbocycles. The SMILES string of the molecule is CN(C)CCC[C@H]1CCCC[C@H]1C[Si]c1ccccc1. The van der Waals surface area contributed by atoms with E-state index in [4.69, 9.17) is 0 Å². The van der Waals surface area contributed by atoms with Crippen LogP contribution in [0, 0.1) is 11.8 Å². The summed E-state index contributed by atoms with van der Waals surface area (Å²) in [5.74, 6) is 1.99. The van der Waals surface area contributed by atoms with Crippen molar-refractivity contribution >= 4 is 14.7 Å². The molecule has 1 fully saturated rings. The average molecular weight is 288 g/mol. The van der Waals surface area contributed by atoms with Crippen LogP contribution in [0.4, 0.5) is 0 Å². The molecule has 2 rings (SSSR count). The van der Waals surface area contributed by atoms with Gasteiger partial charge in [-0.1, -0.05) is 67.2 Å². The summed E-state index contributed by atoms with van der Waals surface area (Å²) in [6.07, 6.45) is 8.72. The fourth-order valence-corrected chi connectivity index (χ4v) is 4.87. The third-order valence-electron chi connectivity index (χ3n) is 4.59. The fourth-order valence-electron chi connectivity index (χ4n) is 3.41. The van der Waals surface area contributed by atoms with Gasteiger partial charge < -0.3 is 4.90 Å². The topological polar surface area (TPSA) is 3.24 Å². The molecule has 2 atom stereocenters. The Labute approximate surface area is 127 Å². The average Bonchev–Trinajstić information content (AvgIpc) is 2.47. The Balaban J connectivity index is 1.77. The summed E-state index contributed by atoms with van der Waals surface area (Å²) in [7, 11) is 5.39. The summed E-state index contributed by atoms with van der Waals surface area (Å²) in [6, 6.07) is 12.5. The van der Waals surface area contributed by atoms with E-state index in [-0.39, 0.29) is 0 Å². The monoisotopic (exact) mass is 287 g/mol. The van der Waals surface area contributed by atoms with E-state index in [0.717, 1.165) is 21.4 Å². The lowest BCUT2D eigenvalue weighted by atomic mass is 9.78. The minimum absolute atomic E-state index is 0.990. The smallest absolute Gasteiger partial charge is 0.0810 e. The van der Waals surface area contributed by atoms with E-state index < -0.39 is 0 Å². The van der Waals surface area contributed by atoms with Crippen LogP contribution in [0.1, 0.15) is 38.5 Å². The van der Waals surface area contributed by atoms with Gasteiger partial charge in [-0.25, -0.2) is 0 Å². The Morgan fingerprint density at radius 1 is 1.05 bits per heavy atom. The zero-order valence-corrected chi connectivity index (χ0v) is 14.1. The van der Waals surface area contributed by atoms with Gasteiger partial charge >= 0.3 is 0 Å². The van der Waals surface area contributed by atoms with Crippen molar-refractivity contribution < 1.29 is 0 Å². The maximum Gasteiger partial charge on any atom is 0.0810 e. The highest BCUT2D eigenvalue weighted by Gasteiger charge is 2.24. The van der Waals surface area contributed by atoms with Gasteiger partial charge in [-0.3, -0.25) is 0 Å². The second-order valence-electron chi connectivity index (χ2n) is 6.50. The molecule has 20 heavy (non-hydrogen) atoms. The Morgan fingerprint density at radius 3 is 2.45 bits per heavy atom. The highest BCUT2D eigenvalue weighted by Crippen LogP contribution is 2.35. The first-order valence-corrected chi connectivity index (χ1v) is 9.40. The molecule has 1 aliphatic rings. The quantitative estimate of drug-likeness (QED) is 0.693. The standard InChI is InChI=1S/C18H29NSi/c1-19(2)14-8-11-16-9-6-7-10-17(16)15-20-18-12-4-3-5-13-18/h3-5,12-13,16-17H,6-11,14-15H2,1-2H3/t16-,17+/m1/s1. The van der Waals surface area contributed by atoms with E-state index in [9.17, 15) is 0 Å². The van der Waals surface area contributed by atoms with E-state index >= 15 is 0 Å². The molecule has 0 unspecified atom stereocenters. The van der Waals surface area contributed by atoms with Crippen LogP contribution in [0.25, 0.3) is 0 Å². The molecule has 1 nitrogen and oxygen atoms in total. The summed E-state index contributed by atoms with van der Waals surface area (Å²) in [6.45, 7) is 1.25. The molecular weight excluding hydrogens is 258 g/mol. The van der Waals surface area contributed by atoms with E-state index in [0.29, 0.717) is 0 Å². The van der Waals surface area contributed by atoms with Crippen molar-refractivity contribution in [1.29, 1.82) is 0 Å². The Kier molecular flexibility index (Phi) is 6.81. The van der Waals surface area contributed by atoms with E-state index in [1.165, 1.54) is 51.1 Å². The third kappa shape index (κ3) is 5.41. The van der Waals surface area contributed by atoms with Gasteiger partial charge in [0, 0.05) is 0 Å². The molecular formula is C18H29NSi. The van der Waals surface area contributed by atoms with Gasteiger partial charge in [-0.2, -0.15) is 0 Å². The van der Waals surface area contributed by atoms with Crippen LogP contribution >= 0.6 is 0 Å². The molecule has 1 aliphatic carbocycles. The van der Waals surface area contributed by atoms with Crippen molar-refractivity contribution in [2.45, 2.75) is 44.6 Å². The molecule has 1 saturated carbocycles. The van der Waals surface area contributed by atoms with Crippen molar-refractivity contribution in [2.24, 2.45) is 11.8 Å². The predicted octanol–water partition coefficient (Wildman–Crippen LogP) is 3.58. The molecule has 110 valence electrons. The van der Waals surface area contributed by atoms with Crippen molar-refractivity contribution in [3.8, 4) is 0 Å². The molecule has 1 aromatic rings. The van der Waals surface area contributed by atoms with Crippen LogP contribution < -0.4 is 5.19 Å². The molecule has 0 bridgehead atoms. The molecule has 2 heteroatoms. The molecule has 0 aliphatic heterocycles. The summed E-state index contributed by atoms with van der Waals surface area (Å²) in [4.78, 5) is 2.32. The van der Waals surface area contributed by atoms with Gasteiger partial charge in [-0.05, 0) is 45.3 Å². The number of rotatable bonds is 7. The lowest BCUT2D eigenvalue weighted by molar-refractivity contribution is 0.229. The van der Waals surface area contributed by atoms with Crippen molar-refractivity contribution in [2.75, 3.05) is 20.6 Å². The normalized spacial score (nSPS) is 23.1. The van der Waals surface area contributed by atoms with Crippen molar-refractivity contribution in [3.63, 3.8) is 0 Å². The van der Waals surface area contributed by atoms with Gasteiger partial charge in [0.1, 0.15) is 0 Å². The van der Waals surface area contributed by atoms with E-state index in [1.807, 2.05) is 0 Å². The molecule has 0 heterocycles. The van der Waals surface area contributed by atoms with Gasteiger partial charge in [0.25, 0.3) is 0 Å². The molecule has 0 amide bonds. The van der Waals surface area contributed by atoms with Crippen molar-refractivity contribution in [1.82, 2.24) is 4.90 Å². The lowest BCUT2D eigenvalue weighted by Crippen LogP contribution is -2.25. The first-order chi connectivity index (χ1) is 9.75. The Hall–Kier alpha value is -0.603. The van der Waals surface area contributed by atoms with Crippen LogP contribution in [-0.2, 0) is 0 Å². The van der Waals surface area contributed by atoms with Gasteiger partial charge in [-0.15, -0.1) is 0 Å². The molecule has 0 spiro atoms. The molecule has 0 aromatic heterocycles. The largest absolute Gasteiger partial charge is 0.309 e. The maximum atomic E-state index is 2.32. The zero-order valence-electron chi connectivity index (χ0n) is 13.1. The van der Waals surface area contributed by atoms with E-state index in [1.54, 1.807) is 5.19 Å². The summed E-state index contributed by atoms with van der Waals surface area (Å²) >= 11 is 0. The van der Waals surface area contributed by atoms with Gasteiger partial charge in [0.2, 0.25) is 0 Å². The Bertz CT molecular complexity index is 363. The van der Waals surface area contributed by atoms with Crippen LogP contribution in [0.2, 0.25) is 6.04 Å². The number of benzene rings is 1. The number of hydrogen-bond acceptors (Lipinski definition) is 1. The third-order valence-corrected chi connectivity index (χ3v) is 6.06. The van der Waals surface area contributed by atoms with Crippen molar-refractivity contribution in [3.05, 3.63) is 30.3 Å². The minimum atomic E-state index is 0.990. The molecule has 2 radical (unpaired) electrons. The van der Waals surface area contributed by atoms with Crippen LogP contribution in [0.3, 0.4) is 0 Å². The zero-order chi connectivity index (χ0) is 14.2. The summed E-state index contributed by atoms with van der Waals surface area (Å²) in [5.41, 5.74) is 0. The fraction of sp³-hybridized carbons (Fsp3) is 0.667. The summed E-state index contributed by atoms with van der Waals surface area (Å²) < 4.78 is 0. The second kappa shape index (κ2) is 8.63. The van der Waals surface area contributed by atoms with Crippen LogP contribution in [0.15, 0.2) is 30.3 Å². The molecule has 0 saturated heterocycles. The molecule has 0 N–H and O–H groups in total. The first kappa shape index (κ1) is 15.8. The first-order valence-electron chi connectivity index (χ1n) is 8.19. The van der Waals surface area contributed by atoms with Crippen LogP contribution in [0.5, 0.6) is 0 Å². The number of hydrogen-bond donors (Lipinski definition) is 0. The highest BCUT2D eigenvalue weighted by atomic mass is 28.2. The number of nitrogens with zero attached hydrogens (tertiary/aromatic N) is 1.